The van der Waals surface area contributed by atoms with Crippen molar-refractivity contribution in [1.82, 2.24) is 0 Å². The van der Waals surface area contributed by atoms with E-state index in [0.29, 0.717) is 36.2 Å². The van der Waals surface area contributed by atoms with E-state index in [1.807, 2.05) is 0 Å². The van der Waals surface area contributed by atoms with Crippen LogP contribution in [0.15, 0.2) is 12.1 Å². The first kappa shape index (κ1) is 16.6. The predicted molar refractivity (Wildman–Crippen MR) is 76.1 cm³/mol. The standard InChI is InChI=1S/C13H15F3N2O3S/c1-8-6-9(2)11(18-5-3-4-12(18)19)7-10(8)17-22(20,21)13(14,15)16/h6-7,17H,3-5H2,1-2H3. The average Bonchev–Trinajstić information content (AvgIpc) is 2.77. The average molecular weight is 336 g/mol. The van der Waals surface area contributed by atoms with E-state index in [4.69, 9.17) is 0 Å². The van der Waals surface area contributed by atoms with Crippen LogP contribution in [0.2, 0.25) is 0 Å². The summed E-state index contributed by atoms with van der Waals surface area (Å²) in [5.41, 5.74) is -4.11. The molecule has 0 aromatic heterocycles. The van der Waals surface area contributed by atoms with Crippen LogP contribution in [-0.2, 0) is 14.8 Å². The van der Waals surface area contributed by atoms with Crippen molar-refractivity contribution in [3.63, 3.8) is 0 Å². The van der Waals surface area contributed by atoms with Gasteiger partial charge in [0.25, 0.3) is 0 Å². The van der Waals surface area contributed by atoms with E-state index in [-0.39, 0.29) is 11.6 Å². The van der Waals surface area contributed by atoms with E-state index in [2.05, 4.69) is 0 Å². The molecule has 1 aliphatic heterocycles. The van der Waals surface area contributed by atoms with E-state index in [1.165, 1.54) is 17.9 Å². The molecule has 9 heteroatoms. The van der Waals surface area contributed by atoms with E-state index >= 15 is 0 Å². The molecule has 1 aromatic carbocycles. The van der Waals surface area contributed by atoms with Crippen molar-refractivity contribution in [1.29, 1.82) is 0 Å². The normalized spacial score (nSPS) is 16.2. The number of carbonyl (C=O) groups is 1. The fraction of sp³-hybridized carbons (Fsp3) is 0.462. The summed E-state index contributed by atoms with van der Waals surface area (Å²) >= 11 is 0. The zero-order chi connectivity index (χ0) is 16.7. The Labute approximate surface area is 126 Å². The van der Waals surface area contributed by atoms with Gasteiger partial charge in [0.15, 0.2) is 0 Å². The molecule has 0 bridgehead atoms. The number of alkyl halides is 3. The Balaban J connectivity index is 2.43. The first-order valence-corrected chi connectivity index (χ1v) is 8.02. The van der Waals surface area contributed by atoms with Crippen LogP contribution in [0.3, 0.4) is 0 Å². The van der Waals surface area contributed by atoms with Crippen molar-refractivity contribution in [2.24, 2.45) is 0 Å². The lowest BCUT2D eigenvalue weighted by Gasteiger charge is -2.21. The van der Waals surface area contributed by atoms with Gasteiger partial charge in [0.1, 0.15) is 0 Å². The Morgan fingerprint density at radius 3 is 2.32 bits per heavy atom. The Hall–Kier alpha value is -1.77. The summed E-state index contributed by atoms with van der Waals surface area (Å²) in [6.45, 7) is 3.68. The van der Waals surface area contributed by atoms with E-state index in [1.54, 1.807) is 17.7 Å². The third-order valence-electron chi connectivity index (χ3n) is 3.46. The maximum Gasteiger partial charge on any atom is 0.516 e. The first-order valence-electron chi connectivity index (χ1n) is 6.53. The Bertz CT molecular complexity index is 714. The second-order valence-electron chi connectivity index (χ2n) is 5.15. The minimum atomic E-state index is -5.49. The highest BCUT2D eigenvalue weighted by Gasteiger charge is 2.46. The van der Waals surface area contributed by atoms with Gasteiger partial charge in [-0.05, 0) is 37.5 Å². The quantitative estimate of drug-likeness (QED) is 0.923. The number of nitrogens with one attached hydrogen (secondary N) is 1. The van der Waals surface area contributed by atoms with Gasteiger partial charge in [-0.1, -0.05) is 6.07 Å². The zero-order valence-corrected chi connectivity index (χ0v) is 12.8. The van der Waals surface area contributed by atoms with Crippen LogP contribution in [0.25, 0.3) is 0 Å². The number of nitrogens with zero attached hydrogens (tertiary/aromatic N) is 1. The van der Waals surface area contributed by atoms with Gasteiger partial charge >= 0.3 is 15.5 Å². The molecule has 0 aliphatic carbocycles. The van der Waals surface area contributed by atoms with Gasteiger partial charge in [-0.3, -0.25) is 9.52 Å². The molecule has 122 valence electrons. The van der Waals surface area contributed by atoms with E-state index in [9.17, 15) is 26.4 Å². The lowest BCUT2D eigenvalue weighted by Crippen LogP contribution is -2.30. The minimum absolute atomic E-state index is 0.128. The highest BCUT2D eigenvalue weighted by atomic mass is 32.2. The summed E-state index contributed by atoms with van der Waals surface area (Å²) in [4.78, 5) is 13.2. The van der Waals surface area contributed by atoms with Gasteiger partial charge in [-0.25, -0.2) is 0 Å². The van der Waals surface area contributed by atoms with Gasteiger partial charge < -0.3 is 4.90 Å². The van der Waals surface area contributed by atoms with E-state index < -0.39 is 15.5 Å². The van der Waals surface area contributed by atoms with Crippen molar-refractivity contribution in [3.05, 3.63) is 23.3 Å². The summed E-state index contributed by atoms with van der Waals surface area (Å²) in [6.07, 6.45) is 1.03. The van der Waals surface area contributed by atoms with Gasteiger partial charge in [0.05, 0.1) is 5.69 Å². The number of rotatable bonds is 3. The van der Waals surface area contributed by atoms with Crippen molar-refractivity contribution in [3.8, 4) is 0 Å². The van der Waals surface area contributed by atoms with Crippen molar-refractivity contribution in [2.45, 2.75) is 32.2 Å². The van der Waals surface area contributed by atoms with Crippen molar-refractivity contribution in [2.75, 3.05) is 16.2 Å². The topological polar surface area (TPSA) is 66.5 Å². The smallest absolute Gasteiger partial charge is 0.312 e. The molecular weight excluding hydrogens is 321 g/mol. The fourth-order valence-corrected chi connectivity index (χ4v) is 2.97. The van der Waals surface area contributed by atoms with Crippen LogP contribution < -0.4 is 9.62 Å². The molecule has 0 atom stereocenters. The highest BCUT2D eigenvalue weighted by Crippen LogP contribution is 2.33. The number of aryl methyl sites for hydroxylation is 2. The zero-order valence-electron chi connectivity index (χ0n) is 12.0. The van der Waals surface area contributed by atoms with Crippen LogP contribution in [0.5, 0.6) is 0 Å². The largest absolute Gasteiger partial charge is 0.516 e. The highest BCUT2D eigenvalue weighted by molar-refractivity contribution is 7.93. The SMILES string of the molecule is Cc1cc(C)c(N2CCCC2=O)cc1NS(=O)(=O)C(F)(F)F. The summed E-state index contributed by atoms with van der Waals surface area (Å²) in [7, 11) is -5.49. The van der Waals surface area contributed by atoms with Crippen LogP contribution in [-0.4, -0.2) is 26.4 Å². The van der Waals surface area contributed by atoms with Gasteiger partial charge in [-0.15, -0.1) is 0 Å². The van der Waals surface area contributed by atoms with Crippen LogP contribution in [0.4, 0.5) is 24.5 Å². The summed E-state index contributed by atoms with van der Waals surface area (Å²) < 4.78 is 61.5. The molecule has 1 fully saturated rings. The van der Waals surface area contributed by atoms with Crippen LogP contribution in [0, 0.1) is 13.8 Å². The van der Waals surface area contributed by atoms with Gasteiger partial charge in [0.2, 0.25) is 5.91 Å². The predicted octanol–water partition coefficient (Wildman–Crippen LogP) is 2.69. The monoisotopic (exact) mass is 336 g/mol. The number of benzene rings is 1. The summed E-state index contributed by atoms with van der Waals surface area (Å²) in [5.74, 6) is -0.128. The molecule has 1 aromatic rings. The van der Waals surface area contributed by atoms with Crippen LogP contribution >= 0.6 is 0 Å². The summed E-state index contributed by atoms with van der Waals surface area (Å²) in [6, 6.07) is 2.83. The molecule has 1 aliphatic rings. The maximum atomic E-state index is 12.5. The number of amides is 1. The molecule has 0 saturated carbocycles. The molecule has 2 rings (SSSR count). The molecule has 1 amide bonds. The summed E-state index contributed by atoms with van der Waals surface area (Å²) in [5, 5.41) is 0. The lowest BCUT2D eigenvalue weighted by molar-refractivity contribution is -0.117. The molecular formula is C13H15F3N2O3S. The maximum absolute atomic E-state index is 12.5. The number of carbonyl (C=O) groups excluding carboxylic acids is 1. The van der Waals surface area contributed by atoms with Crippen molar-refractivity contribution < 1.29 is 26.4 Å². The second kappa shape index (κ2) is 5.45. The molecule has 5 nitrogen and oxygen atoms in total. The Morgan fingerprint density at radius 1 is 1.18 bits per heavy atom. The minimum Gasteiger partial charge on any atom is -0.312 e. The molecule has 1 N–H and O–H groups in total. The number of hydrogen-bond donors (Lipinski definition) is 1. The van der Waals surface area contributed by atoms with Crippen molar-refractivity contribution >= 4 is 27.3 Å². The van der Waals surface area contributed by atoms with E-state index in [0.717, 1.165) is 0 Å². The number of sulfonamides is 1. The first-order chi connectivity index (χ1) is 10.0. The second-order valence-corrected chi connectivity index (χ2v) is 6.83. The third-order valence-corrected chi connectivity index (χ3v) is 4.55. The molecule has 0 radical (unpaired) electrons. The number of hydrogen-bond acceptors (Lipinski definition) is 3. The molecule has 0 spiro atoms. The Morgan fingerprint density at radius 2 is 1.82 bits per heavy atom. The van der Waals surface area contributed by atoms with Crippen LogP contribution in [0.1, 0.15) is 24.0 Å². The third kappa shape index (κ3) is 3.03. The van der Waals surface area contributed by atoms with Gasteiger partial charge in [0, 0.05) is 18.7 Å². The van der Waals surface area contributed by atoms with Gasteiger partial charge in [-0.2, -0.15) is 21.6 Å². The Kier molecular flexibility index (Phi) is 4.12. The lowest BCUT2D eigenvalue weighted by atomic mass is 10.1. The number of halogens is 3. The molecule has 0 unspecified atom stereocenters. The number of anilines is 2. The molecule has 22 heavy (non-hydrogen) atoms. The molecule has 1 heterocycles. The molecule has 1 saturated heterocycles. The fourth-order valence-electron chi connectivity index (χ4n) is 2.35.